The normalized spacial score (nSPS) is 12.7. The van der Waals surface area contributed by atoms with E-state index < -0.39 is 0 Å². The van der Waals surface area contributed by atoms with Crippen LogP contribution in [0.25, 0.3) is 0 Å². The van der Waals surface area contributed by atoms with Gasteiger partial charge in [0.15, 0.2) is 0 Å². The van der Waals surface area contributed by atoms with Crippen molar-refractivity contribution in [1.82, 2.24) is 4.90 Å². The lowest BCUT2D eigenvalue weighted by atomic mass is 10.2. The minimum Gasteiger partial charge on any atom is -0.445 e. The van der Waals surface area contributed by atoms with Crippen molar-refractivity contribution >= 4 is 6.09 Å². The SMILES string of the molecule is C\C=C/C=C(\C=C/C)COC(=O)N(C)C(C)C. The Labute approximate surface area is 104 Å². The van der Waals surface area contributed by atoms with Crippen LogP contribution in [0, 0.1) is 0 Å². The van der Waals surface area contributed by atoms with Gasteiger partial charge < -0.3 is 9.64 Å². The first-order chi connectivity index (χ1) is 8.02. The van der Waals surface area contributed by atoms with Crippen LogP contribution >= 0.6 is 0 Å². The maximum absolute atomic E-state index is 11.6. The second-order valence-electron chi connectivity index (χ2n) is 4.03. The van der Waals surface area contributed by atoms with Gasteiger partial charge in [0.25, 0.3) is 0 Å². The van der Waals surface area contributed by atoms with E-state index in [1.165, 1.54) is 0 Å². The lowest BCUT2D eigenvalue weighted by Gasteiger charge is -2.20. The Balaban J connectivity index is 4.36. The molecule has 0 heterocycles. The summed E-state index contributed by atoms with van der Waals surface area (Å²) >= 11 is 0. The van der Waals surface area contributed by atoms with Crippen LogP contribution in [0.2, 0.25) is 0 Å². The molecule has 0 unspecified atom stereocenters. The van der Waals surface area contributed by atoms with Gasteiger partial charge in [-0.2, -0.15) is 0 Å². The monoisotopic (exact) mass is 237 g/mol. The van der Waals surface area contributed by atoms with Crippen molar-refractivity contribution in [1.29, 1.82) is 0 Å². The smallest absolute Gasteiger partial charge is 0.410 e. The Bertz CT molecular complexity index is 314. The van der Waals surface area contributed by atoms with Crippen LogP contribution in [0.3, 0.4) is 0 Å². The maximum Gasteiger partial charge on any atom is 0.410 e. The van der Waals surface area contributed by atoms with Crippen molar-refractivity contribution in [3.8, 4) is 0 Å². The van der Waals surface area contributed by atoms with Gasteiger partial charge in [0, 0.05) is 13.1 Å². The fourth-order valence-corrected chi connectivity index (χ4v) is 1.04. The van der Waals surface area contributed by atoms with Crippen LogP contribution in [-0.2, 0) is 4.74 Å². The van der Waals surface area contributed by atoms with Gasteiger partial charge in [-0.25, -0.2) is 4.79 Å². The number of carbonyl (C=O) groups excluding carboxylic acids is 1. The van der Waals surface area contributed by atoms with Crippen molar-refractivity contribution in [2.45, 2.75) is 33.7 Å². The number of amides is 1. The number of nitrogens with zero attached hydrogens (tertiary/aromatic N) is 1. The van der Waals surface area contributed by atoms with Gasteiger partial charge in [0.05, 0.1) is 0 Å². The summed E-state index contributed by atoms with van der Waals surface area (Å²) in [6.45, 7) is 8.08. The van der Waals surface area contributed by atoms with Crippen LogP contribution in [0.5, 0.6) is 0 Å². The molecule has 0 radical (unpaired) electrons. The van der Waals surface area contributed by atoms with E-state index in [9.17, 15) is 4.79 Å². The van der Waals surface area contributed by atoms with Gasteiger partial charge in [-0.05, 0) is 33.3 Å². The van der Waals surface area contributed by atoms with Gasteiger partial charge in [-0.15, -0.1) is 0 Å². The second kappa shape index (κ2) is 8.62. The highest BCUT2D eigenvalue weighted by Gasteiger charge is 2.12. The summed E-state index contributed by atoms with van der Waals surface area (Å²) in [4.78, 5) is 13.2. The average molecular weight is 237 g/mol. The largest absolute Gasteiger partial charge is 0.445 e. The first kappa shape index (κ1) is 15.5. The van der Waals surface area contributed by atoms with E-state index in [4.69, 9.17) is 4.74 Å². The minimum absolute atomic E-state index is 0.146. The molecule has 0 bridgehead atoms. The van der Waals surface area contributed by atoms with Crippen LogP contribution in [-0.4, -0.2) is 30.7 Å². The molecular formula is C14H23NO2. The van der Waals surface area contributed by atoms with E-state index in [1.54, 1.807) is 11.9 Å². The van der Waals surface area contributed by atoms with E-state index >= 15 is 0 Å². The molecule has 1 amide bonds. The van der Waals surface area contributed by atoms with Gasteiger partial charge in [0.2, 0.25) is 0 Å². The lowest BCUT2D eigenvalue weighted by Crippen LogP contribution is -2.33. The third-order valence-corrected chi connectivity index (χ3v) is 2.31. The summed E-state index contributed by atoms with van der Waals surface area (Å²) in [5.41, 5.74) is 0.969. The molecule has 0 rings (SSSR count). The lowest BCUT2D eigenvalue weighted by molar-refractivity contribution is 0.110. The van der Waals surface area contributed by atoms with Crippen molar-refractivity contribution < 1.29 is 9.53 Å². The maximum atomic E-state index is 11.6. The first-order valence-electron chi connectivity index (χ1n) is 5.87. The Hall–Kier alpha value is -1.51. The van der Waals surface area contributed by atoms with Crippen molar-refractivity contribution in [3.05, 3.63) is 36.0 Å². The highest BCUT2D eigenvalue weighted by molar-refractivity contribution is 5.67. The van der Waals surface area contributed by atoms with Gasteiger partial charge in [-0.1, -0.05) is 30.4 Å². The fraction of sp³-hybridized carbons (Fsp3) is 0.500. The number of carbonyl (C=O) groups is 1. The van der Waals surface area contributed by atoms with Crippen molar-refractivity contribution in [3.63, 3.8) is 0 Å². The summed E-state index contributed by atoms with van der Waals surface area (Å²) in [6.07, 6.45) is 9.36. The minimum atomic E-state index is -0.295. The molecule has 0 saturated carbocycles. The fourth-order valence-electron chi connectivity index (χ4n) is 1.04. The molecule has 0 saturated heterocycles. The van der Waals surface area contributed by atoms with Crippen LogP contribution in [0.4, 0.5) is 4.79 Å². The number of allylic oxidation sites excluding steroid dienone is 4. The molecule has 0 aromatic heterocycles. The molecule has 0 aliphatic carbocycles. The topological polar surface area (TPSA) is 29.5 Å². The second-order valence-corrected chi connectivity index (χ2v) is 4.03. The third kappa shape index (κ3) is 6.61. The summed E-state index contributed by atoms with van der Waals surface area (Å²) in [5, 5.41) is 0. The molecule has 0 spiro atoms. The van der Waals surface area contributed by atoms with Crippen LogP contribution in [0.15, 0.2) is 36.0 Å². The van der Waals surface area contributed by atoms with E-state index in [1.807, 2.05) is 58.1 Å². The molecule has 3 nitrogen and oxygen atoms in total. The van der Waals surface area contributed by atoms with E-state index in [-0.39, 0.29) is 12.1 Å². The van der Waals surface area contributed by atoms with Gasteiger partial charge in [0.1, 0.15) is 6.61 Å². The Morgan fingerprint density at radius 2 is 1.94 bits per heavy atom. The van der Waals surface area contributed by atoms with Crippen LogP contribution in [0.1, 0.15) is 27.7 Å². The summed E-state index contributed by atoms with van der Waals surface area (Å²) in [6, 6.07) is 0.146. The summed E-state index contributed by atoms with van der Waals surface area (Å²) < 4.78 is 5.21. The summed E-state index contributed by atoms with van der Waals surface area (Å²) in [5.74, 6) is 0. The van der Waals surface area contributed by atoms with E-state index in [2.05, 4.69) is 0 Å². The zero-order valence-electron chi connectivity index (χ0n) is 11.4. The highest BCUT2D eigenvalue weighted by atomic mass is 16.6. The molecule has 96 valence electrons. The average Bonchev–Trinajstić information content (AvgIpc) is 2.31. The standard InChI is InChI=1S/C14H23NO2/c1-6-8-10-13(9-7-2)11-17-14(16)15(5)12(3)4/h6-10,12H,11H2,1-5H3/b8-6-,9-7-,13-10+. The molecule has 0 aromatic carbocycles. The molecule has 17 heavy (non-hydrogen) atoms. The number of rotatable bonds is 5. The molecule has 0 atom stereocenters. The van der Waals surface area contributed by atoms with Gasteiger partial charge in [-0.3, -0.25) is 0 Å². The number of ether oxygens (including phenoxy) is 1. The molecule has 0 aliphatic rings. The third-order valence-electron chi connectivity index (χ3n) is 2.31. The molecule has 3 heteroatoms. The van der Waals surface area contributed by atoms with Crippen molar-refractivity contribution in [2.75, 3.05) is 13.7 Å². The Morgan fingerprint density at radius 3 is 2.41 bits per heavy atom. The summed E-state index contributed by atoms with van der Waals surface area (Å²) in [7, 11) is 1.73. The Kier molecular flexibility index (Phi) is 7.85. The molecular weight excluding hydrogens is 214 g/mol. The Morgan fingerprint density at radius 1 is 1.29 bits per heavy atom. The quantitative estimate of drug-likeness (QED) is 0.684. The number of hydrogen-bond donors (Lipinski definition) is 0. The van der Waals surface area contributed by atoms with Crippen molar-refractivity contribution in [2.24, 2.45) is 0 Å². The zero-order valence-corrected chi connectivity index (χ0v) is 11.4. The molecule has 0 fully saturated rings. The zero-order chi connectivity index (χ0) is 13.3. The molecule has 0 aromatic rings. The number of hydrogen-bond acceptors (Lipinski definition) is 2. The van der Waals surface area contributed by atoms with E-state index in [0.29, 0.717) is 6.61 Å². The first-order valence-corrected chi connectivity index (χ1v) is 5.87. The molecule has 0 aliphatic heterocycles. The van der Waals surface area contributed by atoms with E-state index in [0.717, 1.165) is 5.57 Å². The van der Waals surface area contributed by atoms with Gasteiger partial charge >= 0.3 is 6.09 Å². The van der Waals surface area contributed by atoms with Crippen LogP contribution < -0.4 is 0 Å². The predicted molar refractivity (Wildman–Crippen MR) is 72.0 cm³/mol. The predicted octanol–water partition coefficient (Wildman–Crippen LogP) is 3.54. The molecule has 0 N–H and O–H groups in total. The highest BCUT2D eigenvalue weighted by Crippen LogP contribution is 2.03.